The molecular formula is C14H15F2N5O2S. The summed E-state index contributed by atoms with van der Waals surface area (Å²) in [4.78, 5) is 5.90. The third-order valence-electron chi connectivity index (χ3n) is 3.81. The Bertz CT molecular complexity index is 862. The summed E-state index contributed by atoms with van der Waals surface area (Å²) < 4.78 is 49.3. The van der Waals surface area contributed by atoms with E-state index in [1.807, 2.05) is 0 Å². The number of benzene rings is 1. The molecule has 10 heteroatoms. The van der Waals surface area contributed by atoms with E-state index in [0.29, 0.717) is 17.9 Å². The zero-order valence-electron chi connectivity index (χ0n) is 12.8. The molecule has 1 aliphatic heterocycles. The van der Waals surface area contributed by atoms with Crippen molar-refractivity contribution in [2.45, 2.75) is 12.5 Å². The summed E-state index contributed by atoms with van der Waals surface area (Å²) in [5, 5.41) is 10.5. The minimum atomic E-state index is -3.03. The summed E-state index contributed by atoms with van der Waals surface area (Å²) in [7, 11) is -1.33. The maximum atomic E-state index is 13.2. The first-order valence-electron chi connectivity index (χ1n) is 7.19. The maximum absolute atomic E-state index is 13.2. The summed E-state index contributed by atoms with van der Waals surface area (Å²) >= 11 is 0. The third-order valence-corrected chi connectivity index (χ3v) is 5.56. The Morgan fingerprint density at radius 1 is 1.29 bits per heavy atom. The molecule has 1 N–H and O–H groups in total. The standard InChI is InChI=1S/C14H15F2N5O2S/c1-21(10-4-5-24(22,23)8-10)14-19-13(7-17-20-14)18-9-2-3-11(15)12(16)6-9/h2-3,6-7,10H,4-5,8H2,1H3,(H,18,19,20). The molecule has 0 aliphatic carbocycles. The second-order valence-electron chi connectivity index (χ2n) is 5.56. The van der Waals surface area contributed by atoms with Gasteiger partial charge in [0.2, 0.25) is 5.95 Å². The van der Waals surface area contributed by atoms with Gasteiger partial charge in [-0.25, -0.2) is 17.2 Å². The predicted octanol–water partition coefficient (Wildman–Crippen LogP) is 1.52. The fourth-order valence-electron chi connectivity index (χ4n) is 2.47. The highest BCUT2D eigenvalue weighted by Gasteiger charge is 2.31. The van der Waals surface area contributed by atoms with Crippen molar-refractivity contribution in [2.75, 3.05) is 28.8 Å². The lowest BCUT2D eigenvalue weighted by molar-refractivity contribution is 0.509. The van der Waals surface area contributed by atoms with Gasteiger partial charge >= 0.3 is 0 Å². The molecule has 1 atom stereocenters. The minimum Gasteiger partial charge on any atom is -0.339 e. The van der Waals surface area contributed by atoms with Crippen LogP contribution in [-0.2, 0) is 9.84 Å². The highest BCUT2D eigenvalue weighted by atomic mass is 32.2. The smallest absolute Gasteiger partial charge is 0.247 e. The van der Waals surface area contributed by atoms with E-state index in [0.717, 1.165) is 12.1 Å². The molecule has 0 amide bonds. The molecule has 0 spiro atoms. The fourth-order valence-corrected chi connectivity index (χ4v) is 4.24. The summed E-state index contributed by atoms with van der Waals surface area (Å²) in [6.45, 7) is 0. The lowest BCUT2D eigenvalue weighted by Gasteiger charge is -2.22. The van der Waals surface area contributed by atoms with Crippen LogP contribution in [0.25, 0.3) is 0 Å². The SMILES string of the molecule is CN(c1nncc(Nc2ccc(F)c(F)c2)n1)C1CCS(=O)(=O)C1. The second-order valence-corrected chi connectivity index (χ2v) is 7.79. The lowest BCUT2D eigenvalue weighted by Crippen LogP contribution is -2.34. The number of rotatable bonds is 4. The molecule has 1 fully saturated rings. The van der Waals surface area contributed by atoms with Gasteiger partial charge in [0.25, 0.3) is 0 Å². The van der Waals surface area contributed by atoms with Gasteiger partial charge in [-0.3, -0.25) is 0 Å². The molecule has 24 heavy (non-hydrogen) atoms. The molecule has 0 saturated carbocycles. The first-order valence-corrected chi connectivity index (χ1v) is 9.01. The van der Waals surface area contributed by atoms with Crippen LogP contribution < -0.4 is 10.2 Å². The Kier molecular flexibility index (Phi) is 4.31. The van der Waals surface area contributed by atoms with Crippen molar-refractivity contribution in [2.24, 2.45) is 0 Å². The number of hydrogen-bond acceptors (Lipinski definition) is 7. The van der Waals surface area contributed by atoms with Crippen LogP contribution in [0.1, 0.15) is 6.42 Å². The first-order chi connectivity index (χ1) is 11.3. The van der Waals surface area contributed by atoms with Crippen LogP contribution in [-0.4, -0.2) is 48.2 Å². The first kappa shape index (κ1) is 16.5. The highest BCUT2D eigenvalue weighted by Crippen LogP contribution is 2.22. The Morgan fingerprint density at radius 3 is 2.75 bits per heavy atom. The molecule has 2 heterocycles. The second kappa shape index (κ2) is 6.27. The van der Waals surface area contributed by atoms with Crippen molar-refractivity contribution in [3.05, 3.63) is 36.0 Å². The zero-order valence-corrected chi connectivity index (χ0v) is 13.6. The van der Waals surface area contributed by atoms with Crippen molar-refractivity contribution < 1.29 is 17.2 Å². The molecule has 1 aliphatic rings. The molecule has 0 radical (unpaired) electrons. The minimum absolute atomic E-state index is 0.0493. The van der Waals surface area contributed by atoms with Crippen molar-refractivity contribution in [1.82, 2.24) is 15.2 Å². The summed E-state index contributed by atoms with van der Waals surface area (Å²) in [5.41, 5.74) is 0.312. The number of aromatic nitrogens is 3. The van der Waals surface area contributed by atoms with Gasteiger partial charge in [-0.2, -0.15) is 10.1 Å². The van der Waals surface area contributed by atoms with Crippen LogP contribution in [0.5, 0.6) is 0 Å². The molecule has 7 nitrogen and oxygen atoms in total. The van der Waals surface area contributed by atoms with Gasteiger partial charge < -0.3 is 10.2 Å². The topological polar surface area (TPSA) is 88.1 Å². The van der Waals surface area contributed by atoms with Gasteiger partial charge in [0.15, 0.2) is 27.3 Å². The Morgan fingerprint density at radius 2 is 2.08 bits per heavy atom. The third kappa shape index (κ3) is 3.58. The zero-order chi connectivity index (χ0) is 17.3. The van der Waals surface area contributed by atoms with Crippen LogP contribution in [0.15, 0.2) is 24.4 Å². The van der Waals surface area contributed by atoms with Gasteiger partial charge in [0.1, 0.15) is 0 Å². The number of nitrogens with one attached hydrogen (secondary N) is 1. The molecule has 2 aromatic rings. The van der Waals surface area contributed by atoms with E-state index < -0.39 is 21.5 Å². The van der Waals surface area contributed by atoms with Gasteiger partial charge in [0, 0.05) is 24.8 Å². The Hall–Kier alpha value is -2.36. The monoisotopic (exact) mass is 355 g/mol. The van der Waals surface area contributed by atoms with Crippen molar-refractivity contribution in [3.63, 3.8) is 0 Å². The fraction of sp³-hybridized carbons (Fsp3) is 0.357. The van der Waals surface area contributed by atoms with E-state index in [4.69, 9.17) is 0 Å². The van der Waals surface area contributed by atoms with E-state index in [-0.39, 0.29) is 23.5 Å². The number of sulfone groups is 1. The largest absolute Gasteiger partial charge is 0.339 e. The molecular weight excluding hydrogens is 340 g/mol. The quantitative estimate of drug-likeness (QED) is 0.889. The number of anilines is 3. The molecule has 1 aromatic heterocycles. The molecule has 1 saturated heterocycles. The van der Waals surface area contributed by atoms with Crippen molar-refractivity contribution >= 4 is 27.3 Å². The van der Waals surface area contributed by atoms with Crippen molar-refractivity contribution in [3.8, 4) is 0 Å². The number of nitrogens with zero attached hydrogens (tertiary/aromatic N) is 4. The van der Waals surface area contributed by atoms with Crippen LogP contribution in [0, 0.1) is 11.6 Å². The molecule has 128 valence electrons. The van der Waals surface area contributed by atoms with E-state index in [1.165, 1.54) is 12.3 Å². The average Bonchev–Trinajstić information content (AvgIpc) is 2.90. The molecule has 1 aromatic carbocycles. The molecule has 1 unspecified atom stereocenters. The van der Waals surface area contributed by atoms with Gasteiger partial charge in [-0.15, -0.1) is 5.10 Å². The van der Waals surface area contributed by atoms with E-state index in [1.54, 1.807) is 11.9 Å². The van der Waals surface area contributed by atoms with Gasteiger partial charge in [0.05, 0.1) is 17.7 Å². The number of hydrogen-bond donors (Lipinski definition) is 1. The van der Waals surface area contributed by atoms with Crippen molar-refractivity contribution in [1.29, 1.82) is 0 Å². The summed E-state index contributed by atoms with van der Waals surface area (Å²) in [6.07, 6.45) is 1.84. The molecule has 3 rings (SSSR count). The lowest BCUT2D eigenvalue weighted by atomic mass is 10.2. The highest BCUT2D eigenvalue weighted by molar-refractivity contribution is 7.91. The van der Waals surface area contributed by atoms with Crippen LogP contribution in [0.4, 0.5) is 26.2 Å². The normalized spacial score (nSPS) is 19.2. The van der Waals surface area contributed by atoms with E-state index in [2.05, 4.69) is 20.5 Å². The van der Waals surface area contributed by atoms with Crippen LogP contribution >= 0.6 is 0 Å². The maximum Gasteiger partial charge on any atom is 0.247 e. The van der Waals surface area contributed by atoms with Gasteiger partial charge in [-0.1, -0.05) is 0 Å². The van der Waals surface area contributed by atoms with Crippen LogP contribution in [0.3, 0.4) is 0 Å². The number of halogens is 2. The van der Waals surface area contributed by atoms with Crippen LogP contribution in [0.2, 0.25) is 0 Å². The van der Waals surface area contributed by atoms with E-state index in [9.17, 15) is 17.2 Å². The summed E-state index contributed by atoms with van der Waals surface area (Å²) in [6, 6.07) is 3.16. The summed E-state index contributed by atoms with van der Waals surface area (Å²) in [5.74, 6) is -1.18. The average molecular weight is 355 g/mol. The predicted molar refractivity (Wildman–Crippen MR) is 84.9 cm³/mol. The van der Waals surface area contributed by atoms with Gasteiger partial charge in [-0.05, 0) is 18.6 Å². The van der Waals surface area contributed by atoms with E-state index >= 15 is 0 Å². The Balaban J connectivity index is 1.77. The Labute approximate surface area is 137 Å². The molecule has 0 bridgehead atoms.